The first kappa shape index (κ1) is 12.5. The molecule has 2 nitrogen and oxygen atoms in total. The van der Waals surface area contributed by atoms with Crippen LogP contribution in [0.15, 0.2) is 0 Å². The van der Waals surface area contributed by atoms with Crippen molar-refractivity contribution in [1.82, 2.24) is 0 Å². The van der Waals surface area contributed by atoms with E-state index in [1.807, 2.05) is 0 Å². The molecule has 0 aliphatic rings. The quantitative estimate of drug-likeness (QED) is 0.664. The summed E-state index contributed by atoms with van der Waals surface area (Å²) in [6.45, 7) is -1.97. The lowest BCUT2D eigenvalue weighted by atomic mass is 10.3. The van der Waals surface area contributed by atoms with E-state index in [1.54, 1.807) is 0 Å². The van der Waals surface area contributed by atoms with Crippen molar-refractivity contribution in [1.29, 1.82) is 0 Å². The fraction of sp³-hybridized carbons (Fsp3) is 1.00. The first-order chi connectivity index (χ1) is 5.75. The van der Waals surface area contributed by atoms with Crippen LogP contribution in [0.25, 0.3) is 0 Å². The monoisotopic (exact) mass is 212 g/mol. The molecular weight excluding hydrogens is 206 g/mol. The second-order valence-corrected chi connectivity index (χ2v) is 1.96. The highest BCUT2D eigenvalue weighted by Crippen LogP contribution is 2.34. The topological polar surface area (TPSA) is 18.5 Å². The minimum Gasteiger partial charge on any atom is -0.329 e. The molecule has 0 heterocycles. The van der Waals surface area contributed by atoms with Crippen LogP contribution in [-0.4, -0.2) is 32.4 Å². The predicted molar refractivity (Wildman–Crippen MR) is 28.9 cm³/mol. The third-order valence-corrected chi connectivity index (χ3v) is 1.10. The highest BCUT2D eigenvalue weighted by Gasteiger charge is 2.57. The molecule has 0 aliphatic heterocycles. The summed E-state index contributed by atoms with van der Waals surface area (Å²) < 4.78 is 77.5. The first-order valence-electron chi connectivity index (χ1n) is 2.93. The van der Waals surface area contributed by atoms with Crippen molar-refractivity contribution in [2.75, 3.05) is 14.0 Å². The summed E-state index contributed by atoms with van der Waals surface area (Å²) in [5, 5.41) is 0. The van der Waals surface area contributed by atoms with Gasteiger partial charge in [0.15, 0.2) is 6.86 Å². The van der Waals surface area contributed by atoms with E-state index in [0.717, 1.165) is 0 Å². The molecule has 0 aliphatic carbocycles. The van der Waals surface area contributed by atoms with Gasteiger partial charge in [-0.3, -0.25) is 0 Å². The fourth-order valence-corrected chi connectivity index (χ4v) is 0.552. The normalized spacial score (nSPS) is 15.9. The molecule has 80 valence electrons. The van der Waals surface area contributed by atoms with Crippen LogP contribution in [0.2, 0.25) is 0 Å². The number of alkyl halides is 6. The lowest BCUT2D eigenvalue weighted by Gasteiger charge is -2.25. The van der Waals surface area contributed by atoms with Crippen LogP contribution in [0.1, 0.15) is 0 Å². The van der Waals surface area contributed by atoms with E-state index in [0.29, 0.717) is 7.11 Å². The zero-order valence-electron chi connectivity index (χ0n) is 6.37. The maximum atomic E-state index is 12.3. The molecule has 0 unspecified atom stereocenters. The Balaban J connectivity index is 4.60. The molecule has 0 spiro atoms. The van der Waals surface area contributed by atoms with Gasteiger partial charge in [-0.1, -0.05) is 0 Å². The van der Waals surface area contributed by atoms with Gasteiger partial charge in [0.2, 0.25) is 6.10 Å². The maximum absolute atomic E-state index is 12.3. The number of rotatable bonds is 4. The second kappa shape index (κ2) is 4.14. The number of halogens is 6. The average molecular weight is 212 g/mol. The number of ether oxygens (including phenoxy) is 2. The molecule has 0 fully saturated rings. The second-order valence-electron chi connectivity index (χ2n) is 1.96. The third-order valence-electron chi connectivity index (χ3n) is 1.10. The molecule has 0 aromatic rings. The van der Waals surface area contributed by atoms with Gasteiger partial charge in [0.1, 0.15) is 0 Å². The summed E-state index contributed by atoms with van der Waals surface area (Å²) in [6.07, 6.45) is -13.6. The van der Waals surface area contributed by atoms with Crippen molar-refractivity contribution in [3.05, 3.63) is 0 Å². The minimum absolute atomic E-state index is 0.361. The zero-order chi connectivity index (χ0) is 10.7. The smallest absolute Gasteiger partial charge is 0.329 e. The molecule has 0 aromatic carbocycles. The van der Waals surface area contributed by atoms with Gasteiger partial charge in [0.25, 0.3) is 0 Å². The van der Waals surface area contributed by atoms with Crippen molar-refractivity contribution < 1.29 is 35.8 Å². The summed E-state index contributed by atoms with van der Waals surface area (Å²) >= 11 is 0. The molecule has 0 rings (SSSR count). The fourth-order valence-electron chi connectivity index (χ4n) is 0.552. The molecule has 0 amide bonds. The number of hydrogen-bond acceptors (Lipinski definition) is 2. The van der Waals surface area contributed by atoms with Crippen LogP contribution >= 0.6 is 0 Å². The molecule has 0 saturated carbocycles. The lowest BCUT2D eigenvalue weighted by molar-refractivity contribution is -0.361. The van der Waals surface area contributed by atoms with E-state index >= 15 is 0 Å². The van der Waals surface area contributed by atoms with Crippen molar-refractivity contribution in [2.45, 2.75) is 18.4 Å². The Bertz CT molecular complexity index is 156. The van der Waals surface area contributed by atoms with Crippen LogP contribution in [-0.2, 0) is 9.47 Å². The van der Waals surface area contributed by atoms with Gasteiger partial charge in [-0.25, -0.2) is 4.39 Å². The summed E-state index contributed by atoms with van der Waals surface area (Å²) in [7, 11) is 0.361. The summed E-state index contributed by atoms with van der Waals surface area (Å²) in [6, 6.07) is 0. The van der Waals surface area contributed by atoms with Crippen LogP contribution in [0.4, 0.5) is 26.3 Å². The van der Waals surface area contributed by atoms with Gasteiger partial charge in [-0.15, -0.1) is 0 Å². The Kier molecular flexibility index (Phi) is 3.98. The van der Waals surface area contributed by atoms with Crippen LogP contribution < -0.4 is 0 Å². The molecule has 0 saturated heterocycles. The minimum atomic E-state index is -5.38. The van der Waals surface area contributed by atoms with Gasteiger partial charge in [0.05, 0.1) is 0 Å². The van der Waals surface area contributed by atoms with E-state index in [4.69, 9.17) is 0 Å². The van der Waals surface area contributed by atoms with Crippen molar-refractivity contribution in [2.24, 2.45) is 0 Å². The van der Waals surface area contributed by atoms with Gasteiger partial charge >= 0.3 is 12.3 Å². The molecule has 0 aromatic heterocycles. The molecule has 0 bridgehead atoms. The van der Waals surface area contributed by atoms with Crippen LogP contribution in [0.3, 0.4) is 0 Å². The predicted octanol–water partition coefficient (Wildman–Crippen LogP) is 2.10. The van der Waals surface area contributed by atoms with E-state index < -0.39 is 25.2 Å². The molecule has 13 heavy (non-hydrogen) atoms. The Hall–Kier alpha value is -0.500. The molecule has 0 radical (unpaired) electrons. The summed E-state index contributed by atoms with van der Waals surface area (Å²) in [5.74, 6) is 0. The van der Waals surface area contributed by atoms with E-state index in [9.17, 15) is 26.3 Å². The standard InChI is InChI=1S/C5H6F6O2/c1-12-5(10,11)3(13-2-6)4(7,8)9/h3H,2H2,1H3/t3-/m1/s1. The van der Waals surface area contributed by atoms with E-state index in [-0.39, 0.29) is 0 Å². The summed E-state index contributed by atoms with van der Waals surface area (Å²) in [5.41, 5.74) is 0. The summed E-state index contributed by atoms with van der Waals surface area (Å²) in [4.78, 5) is 0. The van der Waals surface area contributed by atoms with Crippen LogP contribution in [0.5, 0.6) is 0 Å². The molecular formula is C5H6F6O2. The first-order valence-corrected chi connectivity index (χ1v) is 2.93. The third kappa shape index (κ3) is 3.39. The number of methoxy groups -OCH3 is 1. The van der Waals surface area contributed by atoms with Crippen molar-refractivity contribution in [3.63, 3.8) is 0 Å². The van der Waals surface area contributed by atoms with Gasteiger partial charge in [-0.2, -0.15) is 22.0 Å². The Morgan fingerprint density at radius 2 is 1.62 bits per heavy atom. The lowest BCUT2D eigenvalue weighted by Crippen LogP contribution is -2.47. The molecule has 0 N–H and O–H groups in total. The van der Waals surface area contributed by atoms with Gasteiger partial charge in [-0.05, 0) is 0 Å². The Labute approximate surface area is 69.4 Å². The zero-order valence-corrected chi connectivity index (χ0v) is 6.37. The maximum Gasteiger partial charge on any atom is 0.423 e. The highest BCUT2D eigenvalue weighted by molar-refractivity contribution is 4.76. The van der Waals surface area contributed by atoms with Gasteiger partial charge in [0, 0.05) is 7.11 Å². The van der Waals surface area contributed by atoms with Crippen molar-refractivity contribution in [3.8, 4) is 0 Å². The SMILES string of the molecule is COC(F)(F)[C@H](OCF)C(F)(F)F. The largest absolute Gasteiger partial charge is 0.423 e. The average Bonchev–Trinajstić information content (AvgIpc) is 1.98. The highest BCUT2D eigenvalue weighted by atomic mass is 19.4. The van der Waals surface area contributed by atoms with Crippen LogP contribution in [0, 0.1) is 0 Å². The number of hydrogen-bond donors (Lipinski definition) is 0. The van der Waals surface area contributed by atoms with Crippen molar-refractivity contribution >= 4 is 0 Å². The molecule has 1 atom stereocenters. The van der Waals surface area contributed by atoms with E-state index in [2.05, 4.69) is 9.47 Å². The Morgan fingerprint density at radius 1 is 1.15 bits per heavy atom. The van der Waals surface area contributed by atoms with E-state index in [1.165, 1.54) is 0 Å². The van der Waals surface area contributed by atoms with Gasteiger partial charge < -0.3 is 9.47 Å². The molecule has 8 heteroatoms. The Morgan fingerprint density at radius 3 is 1.85 bits per heavy atom.